The van der Waals surface area contributed by atoms with E-state index >= 15 is 4.39 Å². The number of anilines is 1. The van der Waals surface area contributed by atoms with Gasteiger partial charge < -0.3 is 19.9 Å². The molecule has 5 rings (SSSR count). The highest BCUT2D eigenvalue weighted by Gasteiger charge is 2.46. The van der Waals surface area contributed by atoms with Crippen molar-refractivity contribution in [1.29, 1.82) is 0 Å². The van der Waals surface area contributed by atoms with Gasteiger partial charge in [-0.2, -0.15) is 0 Å². The number of fused-ring (bicyclic) bond motifs is 1. The summed E-state index contributed by atoms with van der Waals surface area (Å²) in [6, 6.07) is 14.4. The lowest BCUT2D eigenvalue weighted by Gasteiger charge is -2.24. The molecule has 0 bridgehead atoms. The third-order valence-electron chi connectivity index (χ3n) is 6.78. The van der Waals surface area contributed by atoms with Crippen molar-refractivity contribution in [3.8, 4) is 34.0 Å². The summed E-state index contributed by atoms with van der Waals surface area (Å²) >= 11 is 0. The van der Waals surface area contributed by atoms with Crippen molar-refractivity contribution >= 4 is 22.7 Å². The van der Waals surface area contributed by atoms with Crippen LogP contribution in [0.4, 0.5) is 15.0 Å². The van der Waals surface area contributed by atoms with E-state index in [2.05, 4.69) is 15.1 Å². The number of hydrogen-bond acceptors (Lipinski definition) is 8. The largest absolute Gasteiger partial charge is 0.444 e. The third-order valence-corrected chi connectivity index (χ3v) is 8.72. The summed E-state index contributed by atoms with van der Waals surface area (Å²) < 4.78 is 37.8. The van der Waals surface area contributed by atoms with Gasteiger partial charge in [-0.25, -0.2) is 19.2 Å². The normalized spacial score (nSPS) is 17.7. The van der Waals surface area contributed by atoms with Gasteiger partial charge in [-0.3, -0.25) is 4.21 Å². The zero-order valence-electron chi connectivity index (χ0n) is 23.8. The molecule has 2 aromatic carbocycles. The lowest BCUT2D eigenvalue weighted by atomic mass is 9.98. The zero-order valence-corrected chi connectivity index (χ0v) is 24.6. The molecule has 11 heteroatoms. The van der Waals surface area contributed by atoms with Gasteiger partial charge in [-0.1, -0.05) is 35.5 Å². The molecule has 9 nitrogen and oxygen atoms in total. The van der Waals surface area contributed by atoms with Crippen molar-refractivity contribution in [3.63, 3.8) is 0 Å². The number of carbonyl (C=O) groups is 1. The van der Waals surface area contributed by atoms with Gasteiger partial charge in [0.1, 0.15) is 23.2 Å². The fraction of sp³-hybridized carbons (Fsp3) is 0.333. The van der Waals surface area contributed by atoms with Crippen LogP contribution in [0.5, 0.6) is 0 Å². The van der Waals surface area contributed by atoms with Crippen molar-refractivity contribution in [2.45, 2.75) is 62.6 Å². The summed E-state index contributed by atoms with van der Waals surface area (Å²) in [6.45, 7) is 9.18. The Bertz CT molecular complexity index is 1650. The number of nitrogens with zero attached hydrogens (tertiary/aromatic N) is 4. The van der Waals surface area contributed by atoms with Crippen LogP contribution in [0.15, 0.2) is 64.1 Å². The quantitative estimate of drug-likeness (QED) is 0.292. The molecule has 0 radical (unpaired) electrons. The summed E-state index contributed by atoms with van der Waals surface area (Å²) in [5.41, 5.74) is 9.50. The fourth-order valence-electron chi connectivity index (χ4n) is 4.53. The van der Waals surface area contributed by atoms with Crippen LogP contribution in [0.2, 0.25) is 0 Å². The van der Waals surface area contributed by atoms with Crippen LogP contribution in [0.1, 0.15) is 51.9 Å². The molecule has 0 fully saturated rings. The Morgan fingerprint density at radius 3 is 2.49 bits per heavy atom. The molecule has 0 spiro atoms. The Morgan fingerprint density at radius 2 is 1.80 bits per heavy atom. The predicted molar refractivity (Wildman–Crippen MR) is 155 cm³/mol. The molecule has 1 aliphatic rings. The predicted octanol–water partition coefficient (Wildman–Crippen LogP) is 6.33. The van der Waals surface area contributed by atoms with Crippen LogP contribution in [-0.2, 0) is 22.1 Å². The third kappa shape index (κ3) is 5.58. The molecule has 4 aromatic rings. The molecule has 3 heterocycles. The smallest absolute Gasteiger partial charge is 0.410 e. The summed E-state index contributed by atoms with van der Waals surface area (Å²) in [7, 11) is 0.242. The van der Waals surface area contributed by atoms with Crippen molar-refractivity contribution in [2.24, 2.45) is 0 Å². The summed E-state index contributed by atoms with van der Waals surface area (Å²) in [6.07, 6.45) is -0.244. The maximum atomic E-state index is 15.1. The Kier molecular flexibility index (Phi) is 7.19. The molecule has 1 amide bonds. The lowest BCUT2D eigenvalue weighted by Crippen LogP contribution is -2.33. The standard InChI is InChI=1S/C30H32FN5O4S/c1-29(2,3)39-28(37)36(6)16-17-7-9-18(10-8-17)23-14-21(35-40-23)25-27(32)33-15-22(34-25)19-11-12-24-20(13-19)26(31)30(4,5)41(24)38/h7-15,26H,16H2,1-6H3,(H2,32,33). The van der Waals surface area contributed by atoms with Crippen LogP contribution in [0.3, 0.4) is 0 Å². The van der Waals surface area contributed by atoms with Crippen molar-refractivity contribution < 1.29 is 22.7 Å². The molecular weight excluding hydrogens is 545 g/mol. The number of amides is 1. The molecule has 214 valence electrons. The average Bonchev–Trinajstić information content (AvgIpc) is 3.47. The molecule has 0 saturated heterocycles. The number of hydrogen-bond donors (Lipinski definition) is 1. The molecule has 0 aliphatic carbocycles. The molecule has 0 saturated carbocycles. The first-order valence-electron chi connectivity index (χ1n) is 13.1. The SMILES string of the molecule is CN(Cc1ccc(-c2cc(-c3nc(-c4ccc5c(c4)C(F)C(C)(C)S5=O)cnc3N)no2)cc1)C(=O)OC(C)(C)C. The maximum Gasteiger partial charge on any atom is 0.410 e. The van der Waals surface area contributed by atoms with Gasteiger partial charge >= 0.3 is 6.09 Å². The summed E-state index contributed by atoms with van der Waals surface area (Å²) in [5, 5.41) is 4.16. The minimum atomic E-state index is -1.44. The Hall–Kier alpha value is -4.12. The number of benzene rings is 2. The van der Waals surface area contributed by atoms with Crippen LogP contribution in [0.25, 0.3) is 34.0 Å². The fourth-order valence-corrected chi connectivity index (χ4v) is 5.98. The highest BCUT2D eigenvalue weighted by Crippen LogP contribution is 2.47. The van der Waals surface area contributed by atoms with E-state index in [1.807, 2.05) is 45.0 Å². The second-order valence-corrected chi connectivity index (χ2v) is 13.6. The van der Waals surface area contributed by atoms with Gasteiger partial charge in [0, 0.05) is 41.2 Å². The van der Waals surface area contributed by atoms with Gasteiger partial charge in [-0.05, 0) is 52.3 Å². The Balaban J connectivity index is 1.35. The second-order valence-electron chi connectivity index (χ2n) is 11.6. The molecule has 41 heavy (non-hydrogen) atoms. The van der Waals surface area contributed by atoms with E-state index in [0.717, 1.165) is 11.1 Å². The van der Waals surface area contributed by atoms with Gasteiger partial charge in [0.15, 0.2) is 11.6 Å². The van der Waals surface area contributed by atoms with Crippen LogP contribution in [-0.4, -0.2) is 47.7 Å². The topological polar surface area (TPSA) is 124 Å². The van der Waals surface area contributed by atoms with E-state index < -0.39 is 33.4 Å². The van der Waals surface area contributed by atoms with Crippen LogP contribution < -0.4 is 5.73 Å². The van der Waals surface area contributed by atoms with Gasteiger partial charge in [0.05, 0.1) is 27.4 Å². The monoisotopic (exact) mass is 577 g/mol. The minimum Gasteiger partial charge on any atom is -0.444 e. The first kappa shape index (κ1) is 28.4. The Labute approximate surface area is 240 Å². The number of halogens is 1. The van der Waals surface area contributed by atoms with Gasteiger partial charge in [0.2, 0.25) is 0 Å². The number of nitrogens with two attached hydrogens (primary N) is 1. The van der Waals surface area contributed by atoms with E-state index in [-0.39, 0.29) is 5.82 Å². The number of alkyl halides is 1. The molecule has 2 atom stereocenters. The van der Waals surface area contributed by atoms with Crippen LogP contribution >= 0.6 is 0 Å². The van der Waals surface area contributed by atoms with Gasteiger partial charge in [0.25, 0.3) is 0 Å². The van der Waals surface area contributed by atoms with E-state index in [1.165, 1.54) is 11.1 Å². The molecule has 2 N–H and O–H groups in total. The zero-order chi connectivity index (χ0) is 29.7. The number of ether oxygens (including phenoxy) is 1. The maximum absolute atomic E-state index is 15.1. The van der Waals surface area contributed by atoms with Gasteiger partial charge in [-0.15, -0.1) is 0 Å². The van der Waals surface area contributed by atoms with E-state index in [4.69, 9.17) is 15.0 Å². The summed E-state index contributed by atoms with van der Waals surface area (Å²) in [4.78, 5) is 23.2. The number of rotatable bonds is 5. The molecular formula is C30H32FN5O4S. The van der Waals surface area contributed by atoms with Crippen molar-refractivity contribution in [2.75, 3.05) is 12.8 Å². The van der Waals surface area contributed by atoms with E-state index in [1.54, 1.807) is 45.2 Å². The highest BCUT2D eigenvalue weighted by molar-refractivity contribution is 7.86. The molecule has 2 unspecified atom stereocenters. The van der Waals surface area contributed by atoms with Crippen molar-refractivity contribution in [1.82, 2.24) is 20.0 Å². The average molecular weight is 578 g/mol. The number of nitrogen functional groups attached to an aromatic ring is 1. The molecule has 2 aromatic heterocycles. The number of carbonyl (C=O) groups excluding carboxylic acids is 1. The second kappa shape index (κ2) is 10.4. The Morgan fingerprint density at radius 1 is 1.12 bits per heavy atom. The van der Waals surface area contributed by atoms with E-state index in [0.29, 0.717) is 45.4 Å². The lowest BCUT2D eigenvalue weighted by molar-refractivity contribution is 0.0285. The van der Waals surface area contributed by atoms with Crippen molar-refractivity contribution in [3.05, 3.63) is 65.9 Å². The first-order chi connectivity index (χ1) is 19.2. The number of aromatic nitrogens is 3. The van der Waals surface area contributed by atoms with Crippen LogP contribution in [0, 0.1) is 0 Å². The minimum absolute atomic E-state index is 0.167. The highest BCUT2D eigenvalue weighted by atomic mass is 32.2. The summed E-state index contributed by atoms with van der Waals surface area (Å²) in [5.74, 6) is 0.669. The first-order valence-corrected chi connectivity index (χ1v) is 14.2. The molecule has 1 aliphatic heterocycles. The van der Waals surface area contributed by atoms with E-state index in [9.17, 15) is 9.00 Å².